The van der Waals surface area contributed by atoms with Gasteiger partial charge in [-0.2, -0.15) is 0 Å². The Balaban J connectivity index is 3.16. The molecule has 11 heavy (non-hydrogen) atoms. The van der Waals surface area contributed by atoms with Gasteiger partial charge < -0.3 is 5.32 Å². The maximum absolute atomic E-state index is 10.5. The van der Waals surface area contributed by atoms with Gasteiger partial charge in [0.25, 0.3) is 0 Å². The van der Waals surface area contributed by atoms with Gasteiger partial charge in [0.15, 0.2) is 6.29 Å². The van der Waals surface area contributed by atoms with Crippen molar-refractivity contribution < 1.29 is 4.79 Å². The molecule has 58 valence electrons. The van der Waals surface area contributed by atoms with E-state index in [4.69, 9.17) is 0 Å². The standard InChI is InChI=1S/C9H11NO/c1-7-3-4-8(6-11)9(5-7)10-2/h3-6,10H,1-2H3. The monoisotopic (exact) mass is 149 g/mol. The topological polar surface area (TPSA) is 29.1 Å². The first kappa shape index (κ1) is 7.79. The molecule has 0 amide bonds. The summed E-state index contributed by atoms with van der Waals surface area (Å²) >= 11 is 0. The number of benzene rings is 1. The summed E-state index contributed by atoms with van der Waals surface area (Å²) in [5.74, 6) is 0. The highest BCUT2D eigenvalue weighted by Crippen LogP contribution is 2.14. The highest BCUT2D eigenvalue weighted by molar-refractivity contribution is 5.84. The number of anilines is 1. The molecular weight excluding hydrogens is 138 g/mol. The largest absolute Gasteiger partial charge is 0.388 e. The van der Waals surface area contributed by atoms with Crippen LogP contribution < -0.4 is 5.32 Å². The Bertz CT molecular complexity index is 268. The Kier molecular flexibility index (Phi) is 2.26. The lowest BCUT2D eigenvalue weighted by Crippen LogP contribution is -1.94. The molecule has 0 radical (unpaired) electrons. The first-order valence-corrected chi connectivity index (χ1v) is 3.51. The lowest BCUT2D eigenvalue weighted by atomic mass is 10.1. The van der Waals surface area contributed by atoms with E-state index >= 15 is 0 Å². The van der Waals surface area contributed by atoms with Crippen molar-refractivity contribution in [3.63, 3.8) is 0 Å². The van der Waals surface area contributed by atoms with Crippen LogP contribution in [0.15, 0.2) is 18.2 Å². The highest BCUT2D eigenvalue weighted by atomic mass is 16.1. The van der Waals surface area contributed by atoms with Crippen LogP contribution in [-0.4, -0.2) is 13.3 Å². The first-order valence-electron chi connectivity index (χ1n) is 3.51. The van der Waals surface area contributed by atoms with Crippen LogP contribution in [0.1, 0.15) is 15.9 Å². The Labute approximate surface area is 66.2 Å². The summed E-state index contributed by atoms with van der Waals surface area (Å²) in [6.45, 7) is 2.00. The van der Waals surface area contributed by atoms with Crippen molar-refractivity contribution in [2.45, 2.75) is 6.92 Å². The van der Waals surface area contributed by atoms with E-state index < -0.39 is 0 Å². The number of aldehydes is 1. The van der Waals surface area contributed by atoms with E-state index in [2.05, 4.69) is 5.32 Å². The molecule has 0 heterocycles. The van der Waals surface area contributed by atoms with Gasteiger partial charge in [-0.15, -0.1) is 0 Å². The predicted octanol–water partition coefficient (Wildman–Crippen LogP) is 1.85. The minimum Gasteiger partial charge on any atom is -0.388 e. The molecule has 0 aliphatic rings. The molecule has 0 atom stereocenters. The lowest BCUT2D eigenvalue weighted by molar-refractivity contribution is 0.112. The fourth-order valence-corrected chi connectivity index (χ4v) is 0.989. The molecule has 0 aromatic heterocycles. The van der Waals surface area contributed by atoms with Crippen molar-refractivity contribution in [2.75, 3.05) is 12.4 Å². The zero-order valence-corrected chi connectivity index (χ0v) is 6.72. The number of hydrogen-bond acceptors (Lipinski definition) is 2. The summed E-state index contributed by atoms with van der Waals surface area (Å²) in [6, 6.07) is 5.68. The van der Waals surface area contributed by atoms with Crippen LogP contribution in [0, 0.1) is 6.92 Å². The lowest BCUT2D eigenvalue weighted by Gasteiger charge is -2.03. The Morgan fingerprint density at radius 3 is 2.73 bits per heavy atom. The summed E-state index contributed by atoms with van der Waals surface area (Å²) in [4.78, 5) is 10.5. The maximum atomic E-state index is 10.5. The van der Waals surface area contributed by atoms with Gasteiger partial charge in [0.1, 0.15) is 0 Å². The number of aryl methyl sites for hydroxylation is 1. The van der Waals surface area contributed by atoms with Crippen molar-refractivity contribution in [2.24, 2.45) is 0 Å². The van der Waals surface area contributed by atoms with Crippen molar-refractivity contribution in [1.82, 2.24) is 0 Å². The Morgan fingerprint density at radius 2 is 2.18 bits per heavy atom. The first-order chi connectivity index (χ1) is 5.27. The normalized spacial score (nSPS) is 9.27. The van der Waals surface area contributed by atoms with Crippen LogP contribution in [0.3, 0.4) is 0 Å². The molecule has 1 rings (SSSR count). The third-order valence-corrected chi connectivity index (χ3v) is 1.61. The van der Waals surface area contributed by atoms with Crippen LogP contribution in [0.2, 0.25) is 0 Å². The molecule has 0 saturated heterocycles. The minimum atomic E-state index is 0.707. The van der Waals surface area contributed by atoms with Gasteiger partial charge in [-0.3, -0.25) is 4.79 Å². The van der Waals surface area contributed by atoms with Crippen molar-refractivity contribution in [3.05, 3.63) is 29.3 Å². The fourth-order valence-electron chi connectivity index (χ4n) is 0.989. The van der Waals surface area contributed by atoms with E-state index in [0.29, 0.717) is 5.56 Å². The number of hydrogen-bond donors (Lipinski definition) is 1. The number of rotatable bonds is 2. The van der Waals surface area contributed by atoms with Gasteiger partial charge in [-0.05, 0) is 24.6 Å². The van der Waals surface area contributed by atoms with Gasteiger partial charge in [-0.1, -0.05) is 6.07 Å². The molecule has 2 nitrogen and oxygen atoms in total. The second-order valence-corrected chi connectivity index (χ2v) is 2.46. The third kappa shape index (κ3) is 1.58. The van der Waals surface area contributed by atoms with E-state index in [0.717, 1.165) is 17.5 Å². The SMILES string of the molecule is CNc1cc(C)ccc1C=O. The molecule has 1 aromatic carbocycles. The van der Waals surface area contributed by atoms with Gasteiger partial charge >= 0.3 is 0 Å². The van der Waals surface area contributed by atoms with Crippen LogP contribution >= 0.6 is 0 Å². The molecular formula is C9H11NO. The molecule has 0 spiro atoms. The van der Waals surface area contributed by atoms with E-state index in [1.54, 1.807) is 0 Å². The van der Waals surface area contributed by atoms with E-state index in [-0.39, 0.29) is 0 Å². The van der Waals surface area contributed by atoms with Crippen LogP contribution in [0.4, 0.5) is 5.69 Å². The fraction of sp³-hybridized carbons (Fsp3) is 0.222. The second kappa shape index (κ2) is 3.19. The van der Waals surface area contributed by atoms with E-state index in [1.165, 1.54) is 0 Å². The molecule has 0 fully saturated rings. The highest BCUT2D eigenvalue weighted by Gasteiger charge is 1.97. The number of carbonyl (C=O) groups excluding carboxylic acids is 1. The molecule has 0 saturated carbocycles. The third-order valence-electron chi connectivity index (χ3n) is 1.61. The quantitative estimate of drug-likeness (QED) is 0.650. The second-order valence-electron chi connectivity index (χ2n) is 2.46. The summed E-state index contributed by atoms with van der Waals surface area (Å²) in [6.07, 6.45) is 0.852. The molecule has 0 unspecified atom stereocenters. The van der Waals surface area contributed by atoms with Gasteiger partial charge in [0.2, 0.25) is 0 Å². The summed E-state index contributed by atoms with van der Waals surface area (Å²) in [5.41, 5.74) is 2.75. The van der Waals surface area contributed by atoms with E-state index in [1.807, 2.05) is 32.2 Å². The average molecular weight is 149 g/mol. The predicted molar refractivity (Wildman–Crippen MR) is 46.1 cm³/mol. The minimum absolute atomic E-state index is 0.707. The molecule has 2 heteroatoms. The van der Waals surface area contributed by atoms with Crippen LogP contribution in [0.25, 0.3) is 0 Å². The molecule has 0 aliphatic carbocycles. The summed E-state index contributed by atoms with van der Waals surface area (Å²) < 4.78 is 0. The van der Waals surface area contributed by atoms with Crippen LogP contribution in [0.5, 0.6) is 0 Å². The molecule has 0 bridgehead atoms. The Hall–Kier alpha value is -1.31. The summed E-state index contributed by atoms with van der Waals surface area (Å²) in [7, 11) is 1.81. The zero-order chi connectivity index (χ0) is 8.27. The van der Waals surface area contributed by atoms with Gasteiger partial charge in [0.05, 0.1) is 0 Å². The van der Waals surface area contributed by atoms with Crippen molar-refractivity contribution in [3.8, 4) is 0 Å². The van der Waals surface area contributed by atoms with Crippen LogP contribution in [-0.2, 0) is 0 Å². The van der Waals surface area contributed by atoms with Gasteiger partial charge in [-0.25, -0.2) is 0 Å². The smallest absolute Gasteiger partial charge is 0.152 e. The zero-order valence-electron chi connectivity index (χ0n) is 6.72. The molecule has 0 aliphatic heterocycles. The van der Waals surface area contributed by atoms with Crippen molar-refractivity contribution >= 4 is 12.0 Å². The summed E-state index contributed by atoms with van der Waals surface area (Å²) in [5, 5.41) is 2.96. The molecule has 1 aromatic rings. The van der Waals surface area contributed by atoms with Crippen molar-refractivity contribution in [1.29, 1.82) is 0 Å². The van der Waals surface area contributed by atoms with Gasteiger partial charge in [0, 0.05) is 18.3 Å². The molecule has 1 N–H and O–H groups in total. The average Bonchev–Trinajstić information content (AvgIpc) is 2.04. The van der Waals surface area contributed by atoms with E-state index in [9.17, 15) is 4.79 Å². The number of nitrogens with one attached hydrogen (secondary N) is 1. The number of carbonyl (C=O) groups is 1. The maximum Gasteiger partial charge on any atom is 0.152 e. The Morgan fingerprint density at radius 1 is 1.45 bits per heavy atom.